The molecule has 2 rings (SSSR count). The highest BCUT2D eigenvalue weighted by Gasteiger charge is 2.33. The third-order valence-corrected chi connectivity index (χ3v) is 6.46. The number of morpholine rings is 1. The summed E-state index contributed by atoms with van der Waals surface area (Å²) in [5.74, 6) is -2.24. The number of carboxylic acids is 1. The molecule has 0 saturated carbocycles. The summed E-state index contributed by atoms with van der Waals surface area (Å²) in [6.45, 7) is 1.46. The maximum absolute atomic E-state index is 12.6. The van der Waals surface area contributed by atoms with E-state index in [2.05, 4.69) is 5.32 Å². The van der Waals surface area contributed by atoms with Crippen molar-refractivity contribution in [3.05, 3.63) is 16.3 Å². The fourth-order valence-electron chi connectivity index (χ4n) is 2.00. The third-order valence-electron chi connectivity index (χ3n) is 3.48. The molecule has 1 aromatic rings. The van der Waals surface area contributed by atoms with Crippen molar-refractivity contribution in [2.24, 2.45) is 0 Å². The molecule has 0 aliphatic carbocycles. The lowest BCUT2D eigenvalue weighted by Crippen LogP contribution is -2.46. The van der Waals surface area contributed by atoms with Gasteiger partial charge in [0.1, 0.15) is 9.77 Å². The number of hydrogen-bond donors (Lipinski definition) is 3. The van der Waals surface area contributed by atoms with Gasteiger partial charge < -0.3 is 20.3 Å². The topological polar surface area (TPSA) is 133 Å². The first kappa shape index (κ1) is 18.8. The largest absolute Gasteiger partial charge is 0.479 e. The summed E-state index contributed by atoms with van der Waals surface area (Å²) >= 11 is 0.929. The van der Waals surface area contributed by atoms with E-state index in [0.29, 0.717) is 0 Å². The van der Waals surface area contributed by atoms with E-state index in [1.165, 1.54) is 15.8 Å². The average Bonchev–Trinajstić information content (AvgIpc) is 3.04. The fraction of sp³-hybridized carbons (Fsp3) is 0.538. The second-order valence-corrected chi connectivity index (χ2v) is 8.21. The summed E-state index contributed by atoms with van der Waals surface area (Å²) in [5, 5.41) is 22.2. The highest BCUT2D eigenvalue weighted by atomic mass is 32.2. The number of nitrogens with one attached hydrogen (secondary N) is 1. The van der Waals surface area contributed by atoms with Crippen LogP contribution in [0.3, 0.4) is 0 Å². The first-order valence-electron chi connectivity index (χ1n) is 7.05. The molecule has 24 heavy (non-hydrogen) atoms. The molecule has 1 aromatic heterocycles. The van der Waals surface area contributed by atoms with Crippen molar-refractivity contribution in [3.8, 4) is 0 Å². The fourth-order valence-corrected chi connectivity index (χ4v) is 4.73. The van der Waals surface area contributed by atoms with E-state index in [1.807, 2.05) is 0 Å². The molecule has 1 unspecified atom stereocenters. The van der Waals surface area contributed by atoms with Crippen LogP contribution in [0.5, 0.6) is 0 Å². The van der Waals surface area contributed by atoms with Crippen LogP contribution in [0.4, 0.5) is 0 Å². The maximum atomic E-state index is 12.6. The van der Waals surface area contributed by atoms with E-state index in [9.17, 15) is 23.1 Å². The molecule has 1 saturated heterocycles. The molecule has 0 radical (unpaired) electrons. The Morgan fingerprint density at radius 3 is 2.62 bits per heavy atom. The molecule has 134 valence electrons. The molecule has 1 fully saturated rings. The third kappa shape index (κ3) is 3.92. The van der Waals surface area contributed by atoms with E-state index in [0.717, 1.165) is 18.3 Å². The van der Waals surface area contributed by atoms with Crippen LogP contribution in [0, 0.1) is 0 Å². The van der Waals surface area contributed by atoms with Crippen molar-refractivity contribution >= 4 is 33.2 Å². The number of amides is 1. The van der Waals surface area contributed by atoms with Crippen LogP contribution in [0.2, 0.25) is 0 Å². The van der Waals surface area contributed by atoms with Gasteiger partial charge in [0.25, 0.3) is 5.91 Å². The molecule has 1 aliphatic rings. The predicted octanol–water partition coefficient (Wildman–Crippen LogP) is -0.666. The number of carbonyl (C=O) groups excluding carboxylic acids is 1. The zero-order valence-electron chi connectivity index (χ0n) is 12.9. The smallest absolute Gasteiger partial charge is 0.337 e. The van der Waals surface area contributed by atoms with E-state index >= 15 is 0 Å². The minimum absolute atomic E-state index is 0.0531. The summed E-state index contributed by atoms with van der Waals surface area (Å²) in [4.78, 5) is 22.9. The second-order valence-electron chi connectivity index (χ2n) is 5.39. The van der Waals surface area contributed by atoms with E-state index < -0.39 is 34.0 Å². The van der Waals surface area contributed by atoms with Gasteiger partial charge in [-0.25, -0.2) is 13.2 Å². The number of aliphatic carboxylic acids is 1. The monoisotopic (exact) mass is 378 g/mol. The predicted molar refractivity (Wildman–Crippen MR) is 84.5 cm³/mol. The Bertz CT molecular complexity index is 720. The number of aliphatic hydroxyl groups is 1. The van der Waals surface area contributed by atoms with Crippen LogP contribution in [0.25, 0.3) is 0 Å². The minimum Gasteiger partial charge on any atom is -0.479 e. The number of hydrogen-bond acceptors (Lipinski definition) is 7. The van der Waals surface area contributed by atoms with E-state index in [1.54, 1.807) is 0 Å². The van der Waals surface area contributed by atoms with Crippen LogP contribution in [-0.4, -0.2) is 73.3 Å². The van der Waals surface area contributed by atoms with Crippen molar-refractivity contribution < 1.29 is 33.0 Å². The number of thiophene rings is 1. The van der Waals surface area contributed by atoms with Crippen LogP contribution in [-0.2, 0) is 19.6 Å². The number of carbonyl (C=O) groups is 2. The number of sulfonamides is 1. The highest BCUT2D eigenvalue weighted by Crippen LogP contribution is 2.26. The molecule has 0 spiro atoms. The Hall–Kier alpha value is -1.53. The van der Waals surface area contributed by atoms with Crippen molar-refractivity contribution in [1.82, 2.24) is 9.62 Å². The molecular weight excluding hydrogens is 360 g/mol. The zero-order valence-corrected chi connectivity index (χ0v) is 14.5. The van der Waals surface area contributed by atoms with Gasteiger partial charge in [0, 0.05) is 13.1 Å². The van der Waals surface area contributed by atoms with Gasteiger partial charge in [0.05, 0.1) is 19.8 Å². The Balaban J connectivity index is 2.17. The van der Waals surface area contributed by atoms with E-state index in [-0.39, 0.29) is 36.1 Å². The molecule has 0 bridgehead atoms. The summed E-state index contributed by atoms with van der Waals surface area (Å²) < 4.78 is 31.6. The Labute approximate surface area is 142 Å². The quantitative estimate of drug-likeness (QED) is 0.598. The van der Waals surface area contributed by atoms with Crippen LogP contribution >= 0.6 is 11.3 Å². The van der Waals surface area contributed by atoms with Crippen LogP contribution in [0.15, 0.2) is 16.3 Å². The van der Waals surface area contributed by atoms with Gasteiger partial charge in [-0.05, 0) is 18.4 Å². The molecule has 0 aromatic carbocycles. The van der Waals surface area contributed by atoms with Crippen molar-refractivity contribution in [3.63, 3.8) is 0 Å². The average molecular weight is 378 g/mol. The maximum Gasteiger partial charge on any atom is 0.337 e. The second kappa shape index (κ2) is 7.15. The van der Waals surface area contributed by atoms with Gasteiger partial charge >= 0.3 is 5.97 Å². The lowest BCUT2D eigenvalue weighted by Gasteiger charge is -2.26. The van der Waals surface area contributed by atoms with Crippen LogP contribution in [0.1, 0.15) is 16.6 Å². The summed E-state index contributed by atoms with van der Waals surface area (Å²) in [5.41, 5.74) is -2.14. The Morgan fingerprint density at radius 1 is 1.42 bits per heavy atom. The Morgan fingerprint density at radius 2 is 2.04 bits per heavy atom. The zero-order chi connectivity index (χ0) is 18.0. The number of nitrogens with zero attached hydrogens (tertiary/aromatic N) is 1. The van der Waals surface area contributed by atoms with Gasteiger partial charge in [-0.15, -0.1) is 11.3 Å². The normalized spacial score (nSPS) is 18.8. The standard InChI is InChI=1S/C13H18N2O7S2/c1-13(19,12(17)18)8-14-11(16)10-9(2-7-23-10)24(20,21)15-3-5-22-6-4-15/h2,7,19H,3-6,8H2,1H3,(H,14,16)(H,17,18). The molecule has 3 N–H and O–H groups in total. The number of ether oxygens (including phenoxy) is 1. The number of carboxylic acid groups (broad SMARTS) is 1. The van der Waals surface area contributed by atoms with Crippen molar-refractivity contribution in [2.45, 2.75) is 17.4 Å². The molecule has 11 heteroatoms. The summed E-state index contributed by atoms with van der Waals surface area (Å²) in [6.07, 6.45) is 0. The first-order valence-corrected chi connectivity index (χ1v) is 9.37. The lowest BCUT2D eigenvalue weighted by atomic mass is 10.1. The summed E-state index contributed by atoms with van der Waals surface area (Å²) in [6, 6.07) is 1.33. The molecule has 1 aliphatic heterocycles. The van der Waals surface area contributed by atoms with Crippen molar-refractivity contribution in [2.75, 3.05) is 32.8 Å². The molecular formula is C13H18N2O7S2. The van der Waals surface area contributed by atoms with Gasteiger partial charge in [-0.1, -0.05) is 0 Å². The van der Waals surface area contributed by atoms with Crippen molar-refractivity contribution in [1.29, 1.82) is 0 Å². The highest BCUT2D eigenvalue weighted by molar-refractivity contribution is 7.89. The van der Waals surface area contributed by atoms with E-state index in [4.69, 9.17) is 9.84 Å². The minimum atomic E-state index is -3.84. The molecule has 1 amide bonds. The van der Waals surface area contributed by atoms with Gasteiger partial charge in [-0.2, -0.15) is 4.31 Å². The Kier molecular flexibility index (Phi) is 5.60. The van der Waals surface area contributed by atoms with Gasteiger partial charge in [-0.3, -0.25) is 4.79 Å². The SMILES string of the molecule is CC(O)(CNC(=O)c1sccc1S(=O)(=O)N1CCOCC1)C(=O)O. The lowest BCUT2D eigenvalue weighted by molar-refractivity contribution is -0.155. The number of rotatable bonds is 6. The summed E-state index contributed by atoms with van der Waals surface area (Å²) in [7, 11) is -3.84. The molecule has 1 atom stereocenters. The first-order chi connectivity index (χ1) is 11.2. The van der Waals surface area contributed by atoms with Gasteiger partial charge in [0.2, 0.25) is 10.0 Å². The van der Waals surface area contributed by atoms with Crippen LogP contribution < -0.4 is 5.32 Å². The molecule has 9 nitrogen and oxygen atoms in total. The molecule has 2 heterocycles. The van der Waals surface area contributed by atoms with Gasteiger partial charge in [0.15, 0.2) is 5.60 Å².